The van der Waals surface area contributed by atoms with E-state index in [1.54, 1.807) is 0 Å². The molecule has 2 heteroatoms. The van der Waals surface area contributed by atoms with Crippen LogP contribution in [-0.2, 0) is 0 Å². The van der Waals surface area contributed by atoms with Gasteiger partial charge in [0.05, 0.1) is 6.04 Å². The molecule has 20 heavy (non-hydrogen) atoms. The Morgan fingerprint density at radius 2 is 1.70 bits per heavy atom. The number of likely N-dealkylation sites (N-methyl/N-ethyl adjacent to an activating group) is 1. The summed E-state index contributed by atoms with van der Waals surface area (Å²) in [5, 5.41) is 0. The molecule has 0 aliphatic rings. The van der Waals surface area contributed by atoms with Crippen LogP contribution in [0, 0.1) is 20.8 Å². The molecule has 0 aliphatic heterocycles. The van der Waals surface area contributed by atoms with Crippen LogP contribution in [0.1, 0.15) is 28.3 Å². The highest BCUT2D eigenvalue weighted by Gasteiger charge is 2.18. The third-order valence-corrected chi connectivity index (χ3v) is 3.89. The van der Waals surface area contributed by atoms with Crippen molar-refractivity contribution in [3.8, 4) is 0 Å². The molecule has 0 bridgehead atoms. The van der Waals surface area contributed by atoms with Gasteiger partial charge >= 0.3 is 0 Å². The molecule has 2 aromatic rings. The molecule has 2 aromatic carbocycles. The van der Waals surface area contributed by atoms with Crippen molar-refractivity contribution in [2.24, 2.45) is 5.73 Å². The second-order valence-electron chi connectivity index (χ2n) is 5.56. The highest BCUT2D eigenvalue weighted by atomic mass is 15.1. The average Bonchev–Trinajstić information content (AvgIpc) is 2.43. The molecule has 1 atom stereocenters. The van der Waals surface area contributed by atoms with Gasteiger partial charge in [0.15, 0.2) is 0 Å². The van der Waals surface area contributed by atoms with Gasteiger partial charge in [0.1, 0.15) is 0 Å². The van der Waals surface area contributed by atoms with Crippen molar-refractivity contribution >= 4 is 5.69 Å². The number of benzene rings is 2. The van der Waals surface area contributed by atoms with E-state index in [0.717, 1.165) is 0 Å². The van der Waals surface area contributed by atoms with E-state index in [1.165, 1.54) is 27.9 Å². The molecular formula is C18H24N2. The smallest absolute Gasteiger partial charge is 0.0664 e. The van der Waals surface area contributed by atoms with Gasteiger partial charge in [-0.05, 0) is 49.6 Å². The van der Waals surface area contributed by atoms with Gasteiger partial charge in [0.25, 0.3) is 0 Å². The van der Waals surface area contributed by atoms with Crippen molar-refractivity contribution in [3.63, 3.8) is 0 Å². The van der Waals surface area contributed by atoms with Crippen LogP contribution in [0.4, 0.5) is 5.69 Å². The standard InChI is InChI=1S/C18H24N2/c1-13-6-5-7-16(10-13)20(4)18(12-19)17-11-14(2)8-9-15(17)3/h5-11,18H,12,19H2,1-4H3. The third kappa shape index (κ3) is 3.02. The molecule has 106 valence electrons. The van der Waals surface area contributed by atoms with Crippen LogP contribution in [0.5, 0.6) is 0 Å². The predicted molar refractivity (Wildman–Crippen MR) is 87.3 cm³/mol. The summed E-state index contributed by atoms with van der Waals surface area (Å²) in [6, 6.07) is 15.3. The number of rotatable bonds is 4. The Kier molecular flexibility index (Phi) is 4.46. The van der Waals surface area contributed by atoms with E-state index >= 15 is 0 Å². The van der Waals surface area contributed by atoms with Crippen molar-refractivity contribution < 1.29 is 0 Å². The quantitative estimate of drug-likeness (QED) is 0.915. The largest absolute Gasteiger partial charge is 0.366 e. The van der Waals surface area contributed by atoms with Gasteiger partial charge in [-0.1, -0.05) is 35.9 Å². The van der Waals surface area contributed by atoms with E-state index in [0.29, 0.717) is 6.54 Å². The maximum absolute atomic E-state index is 6.06. The highest BCUT2D eigenvalue weighted by Crippen LogP contribution is 2.28. The van der Waals surface area contributed by atoms with E-state index in [4.69, 9.17) is 5.73 Å². The maximum atomic E-state index is 6.06. The Morgan fingerprint density at radius 1 is 1.00 bits per heavy atom. The molecule has 0 aliphatic carbocycles. The molecule has 0 saturated heterocycles. The van der Waals surface area contributed by atoms with E-state index in [-0.39, 0.29) is 6.04 Å². The summed E-state index contributed by atoms with van der Waals surface area (Å²) in [5.41, 5.74) is 12.4. The van der Waals surface area contributed by atoms with Gasteiger partial charge in [-0.15, -0.1) is 0 Å². The molecule has 0 saturated carbocycles. The van der Waals surface area contributed by atoms with Gasteiger partial charge < -0.3 is 10.6 Å². The summed E-state index contributed by atoms with van der Waals surface area (Å²) < 4.78 is 0. The van der Waals surface area contributed by atoms with E-state index < -0.39 is 0 Å². The fraction of sp³-hybridized carbons (Fsp3) is 0.333. The SMILES string of the molecule is Cc1cccc(N(C)C(CN)c2cc(C)ccc2C)c1. The molecule has 2 nitrogen and oxygen atoms in total. The van der Waals surface area contributed by atoms with Gasteiger partial charge in [0.2, 0.25) is 0 Å². The van der Waals surface area contributed by atoms with Crippen LogP contribution in [0.2, 0.25) is 0 Å². The van der Waals surface area contributed by atoms with Crippen molar-refractivity contribution in [3.05, 3.63) is 64.7 Å². The summed E-state index contributed by atoms with van der Waals surface area (Å²) in [4.78, 5) is 2.27. The molecule has 0 radical (unpaired) electrons. The Balaban J connectivity index is 2.39. The monoisotopic (exact) mass is 268 g/mol. The maximum Gasteiger partial charge on any atom is 0.0664 e. The van der Waals surface area contributed by atoms with E-state index in [1.807, 2.05) is 0 Å². The molecule has 0 spiro atoms. The minimum Gasteiger partial charge on any atom is -0.366 e. The summed E-state index contributed by atoms with van der Waals surface area (Å²) in [5.74, 6) is 0. The van der Waals surface area contributed by atoms with Crippen molar-refractivity contribution in [1.29, 1.82) is 0 Å². The first kappa shape index (κ1) is 14.6. The predicted octanol–water partition coefficient (Wildman–Crippen LogP) is 3.75. The lowest BCUT2D eigenvalue weighted by Gasteiger charge is -2.31. The van der Waals surface area contributed by atoms with Crippen LogP contribution >= 0.6 is 0 Å². The van der Waals surface area contributed by atoms with Crippen LogP contribution in [0.3, 0.4) is 0 Å². The van der Waals surface area contributed by atoms with Crippen LogP contribution < -0.4 is 10.6 Å². The van der Waals surface area contributed by atoms with Gasteiger partial charge in [-0.2, -0.15) is 0 Å². The van der Waals surface area contributed by atoms with Crippen LogP contribution in [-0.4, -0.2) is 13.6 Å². The summed E-state index contributed by atoms with van der Waals surface area (Å²) in [6.07, 6.45) is 0. The van der Waals surface area contributed by atoms with Crippen molar-refractivity contribution in [2.75, 3.05) is 18.5 Å². The molecule has 2 rings (SSSR count). The molecular weight excluding hydrogens is 244 g/mol. The normalized spacial score (nSPS) is 12.2. The molecule has 0 fully saturated rings. The lowest BCUT2D eigenvalue weighted by molar-refractivity contribution is 0.676. The lowest BCUT2D eigenvalue weighted by Crippen LogP contribution is -2.31. The van der Waals surface area contributed by atoms with E-state index in [2.05, 4.69) is 75.2 Å². The van der Waals surface area contributed by atoms with E-state index in [9.17, 15) is 0 Å². The lowest BCUT2D eigenvalue weighted by atomic mass is 9.97. The fourth-order valence-corrected chi connectivity index (χ4v) is 2.64. The van der Waals surface area contributed by atoms with Crippen LogP contribution in [0.25, 0.3) is 0 Å². The molecule has 1 unspecified atom stereocenters. The first-order valence-corrected chi connectivity index (χ1v) is 7.09. The number of nitrogens with two attached hydrogens (primary N) is 1. The third-order valence-electron chi connectivity index (χ3n) is 3.89. The first-order valence-electron chi connectivity index (χ1n) is 7.09. The Morgan fingerprint density at radius 3 is 2.35 bits per heavy atom. The van der Waals surface area contributed by atoms with Crippen molar-refractivity contribution in [1.82, 2.24) is 0 Å². The number of anilines is 1. The number of hydrogen-bond acceptors (Lipinski definition) is 2. The number of nitrogens with zero attached hydrogens (tertiary/aromatic N) is 1. The topological polar surface area (TPSA) is 29.3 Å². The Bertz CT molecular complexity index is 590. The number of hydrogen-bond donors (Lipinski definition) is 1. The summed E-state index contributed by atoms with van der Waals surface area (Å²) in [6.45, 7) is 7.01. The van der Waals surface area contributed by atoms with Gasteiger partial charge in [0, 0.05) is 19.3 Å². The second-order valence-corrected chi connectivity index (χ2v) is 5.56. The minimum absolute atomic E-state index is 0.205. The first-order chi connectivity index (χ1) is 9.52. The van der Waals surface area contributed by atoms with Gasteiger partial charge in [-0.3, -0.25) is 0 Å². The molecule has 0 aromatic heterocycles. The van der Waals surface area contributed by atoms with Gasteiger partial charge in [-0.25, -0.2) is 0 Å². The van der Waals surface area contributed by atoms with Crippen molar-refractivity contribution in [2.45, 2.75) is 26.8 Å². The Labute approximate surface area is 122 Å². The minimum atomic E-state index is 0.205. The summed E-state index contributed by atoms with van der Waals surface area (Å²) in [7, 11) is 2.12. The highest BCUT2D eigenvalue weighted by molar-refractivity contribution is 5.51. The molecule has 0 heterocycles. The zero-order chi connectivity index (χ0) is 14.7. The Hall–Kier alpha value is -1.80. The molecule has 2 N–H and O–H groups in total. The zero-order valence-corrected chi connectivity index (χ0v) is 12.9. The zero-order valence-electron chi connectivity index (χ0n) is 12.9. The average molecular weight is 268 g/mol. The fourth-order valence-electron chi connectivity index (χ4n) is 2.64. The molecule has 0 amide bonds. The number of aryl methyl sites for hydroxylation is 3. The van der Waals surface area contributed by atoms with Crippen LogP contribution in [0.15, 0.2) is 42.5 Å². The second kappa shape index (κ2) is 6.10. The summed E-state index contributed by atoms with van der Waals surface area (Å²) >= 11 is 0.